The Bertz CT molecular complexity index is 1320. The van der Waals surface area contributed by atoms with Crippen LogP contribution in [0.15, 0.2) is 93.3 Å². The van der Waals surface area contributed by atoms with Crippen LogP contribution in [-0.2, 0) is 0 Å². The van der Waals surface area contributed by atoms with E-state index in [-0.39, 0.29) is 5.54 Å². The first-order valence-electron chi connectivity index (χ1n) is 10.3. The Morgan fingerprint density at radius 1 is 0.967 bits per heavy atom. The lowest BCUT2D eigenvalue weighted by molar-refractivity contribution is 0.465. The summed E-state index contributed by atoms with van der Waals surface area (Å²) in [7, 11) is 0. The van der Waals surface area contributed by atoms with Gasteiger partial charge in [0.15, 0.2) is 0 Å². The van der Waals surface area contributed by atoms with Crippen LogP contribution in [0.2, 0.25) is 0 Å². The summed E-state index contributed by atoms with van der Waals surface area (Å²) >= 11 is 0. The van der Waals surface area contributed by atoms with Crippen LogP contribution < -0.4 is 16.0 Å². The number of H-pyrrole nitrogens is 1. The number of aromatic amines is 1. The third-order valence-corrected chi connectivity index (χ3v) is 6.34. The Morgan fingerprint density at radius 2 is 1.73 bits per heavy atom. The molecular formula is C26H26N4. The molecule has 0 aliphatic carbocycles. The Hall–Kier alpha value is -3.24. The van der Waals surface area contributed by atoms with Gasteiger partial charge in [0.25, 0.3) is 0 Å². The van der Waals surface area contributed by atoms with Crippen molar-refractivity contribution in [3.8, 4) is 0 Å². The zero-order valence-electron chi connectivity index (χ0n) is 17.9. The molecule has 0 radical (unpaired) electrons. The summed E-state index contributed by atoms with van der Waals surface area (Å²) < 4.78 is 0. The number of nitrogens with zero attached hydrogens (tertiary/aromatic N) is 2. The highest BCUT2D eigenvalue weighted by molar-refractivity contribution is 6.22. The van der Waals surface area contributed by atoms with Gasteiger partial charge in [0.1, 0.15) is 0 Å². The monoisotopic (exact) mass is 394 g/mol. The quantitative estimate of drug-likeness (QED) is 0.705. The van der Waals surface area contributed by atoms with Crippen molar-refractivity contribution in [2.45, 2.75) is 38.8 Å². The summed E-state index contributed by atoms with van der Waals surface area (Å²) in [4.78, 5) is 13.2. The molecule has 2 unspecified atom stereocenters. The molecule has 4 aliphatic heterocycles. The highest BCUT2D eigenvalue weighted by Crippen LogP contribution is 2.40. The Kier molecular flexibility index (Phi) is 3.99. The maximum atomic E-state index is 4.97. The number of aliphatic imine (C=N–C) groups is 2. The van der Waals surface area contributed by atoms with E-state index in [1.54, 1.807) is 0 Å². The molecule has 8 bridgehead atoms. The molecule has 0 amide bonds. The van der Waals surface area contributed by atoms with E-state index in [0.29, 0.717) is 0 Å². The summed E-state index contributed by atoms with van der Waals surface area (Å²) in [5.74, 6) is 0. The average Bonchev–Trinajstić information content (AvgIpc) is 3.44. The first kappa shape index (κ1) is 18.8. The second-order valence-corrected chi connectivity index (χ2v) is 8.68. The van der Waals surface area contributed by atoms with Gasteiger partial charge >= 0.3 is 0 Å². The summed E-state index contributed by atoms with van der Waals surface area (Å²) in [5, 5.41) is 5.87. The summed E-state index contributed by atoms with van der Waals surface area (Å²) in [6.07, 6.45) is 16.9. The molecule has 30 heavy (non-hydrogen) atoms. The molecule has 0 saturated carbocycles. The van der Waals surface area contributed by atoms with Crippen molar-refractivity contribution in [3.63, 3.8) is 0 Å². The van der Waals surface area contributed by atoms with Gasteiger partial charge < -0.3 is 4.98 Å². The minimum absolute atomic E-state index is 0.342. The Balaban J connectivity index is 1.79. The molecule has 2 N–H and O–H groups in total. The maximum absolute atomic E-state index is 4.97. The van der Waals surface area contributed by atoms with Crippen molar-refractivity contribution >= 4 is 23.6 Å². The third kappa shape index (κ3) is 2.87. The minimum Gasteiger partial charge on any atom is -0.355 e. The molecule has 150 valence electrons. The fourth-order valence-electron chi connectivity index (χ4n) is 4.79. The molecule has 1 aromatic rings. The van der Waals surface area contributed by atoms with Crippen LogP contribution in [0.1, 0.15) is 27.7 Å². The Morgan fingerprint density at radius 3 is 2.50 bits per heavy atom. The lowest BCUT2D eigenvalue weighted by Gasteiger charge is -2.34. The summed E-state index contributed by atoms with van der Waals surface area (Å²) in [6, 6.07) is 4.15. The van der Waals surface area contributed by atoms with Gasteiger partial charge in [0.2, 0.25) is 0 Å². The van der Waals surface area contributed by atoms with E-state index in [1.165, 1.54) is 5.57 Å². The van der Waals surface area contributed by atoms with Crippen LogP contribution in [0.5, 0.6) is 0 Å². The molecule has 1 aromatic heterocycles. The normalized spacial score (nSPS) is 29.5. The lowest BCUT2D eigenvalue weighted by atomic mass is 9.84. The van der Waals surface area contributed by atoms with E-state index in [1.807, 2.05) is 6.08 Å². The number of aromatic nitrogens is 1. The number of allylic oxidation sites excluding steroid dienone is 4. The van der Waals surface area contributed by atoms with Crippen LogP contribution in [0.4, 0.5) is 0 Å². The minimum atomic E-state index is -0.450. The molecule has 2 atom stereocenters. The predicted octanol–water partition coefficient (Wildman–Crippen LogP) is 3.39. The fourth-order valence-corrected chi connectivity index (χ4v) is 4.79. The molecule has 0 aromatic carbocycles. The zero-order valence-corrected chi connectivity index (χ0v) is 17.9. The van der Waals surface area contributed by atoms with Gasteiger partial charge in [-0.15, -0.1) is 6.58 Å². The van der Waals surface area contributed by atoms with E-state index in [2.05, 4.69) is 99.2 Å². The Labute approximate surface area is 176 Å². The number of hydrogen-bond acceptors (Lipinski definition) is 3. The van der Waals surface area contributed by atoms with E-state index < -0.39 is 5.54 Å². The average molecular weight is 395 g/mol. The molecule has 4 nitrogen and oxygen atoms in total. The van der Waals surface area contributed by atoms with Crippen molar-refractivity contribution in [3.05, 3.63) is 94.0 Å². The number of rotatable bonds is 1. The van der Waals surface area contributed by atoms with Crippen LogP contribution in [0.3, 0.4) is 0 Å². The second kappa shape index (κ2) is 6.38. The molecule has 0 fully saturated rings. The smallest absolute Gasteiger partial charge is 0.0822 e. The molecule has 4 heteroatoms. The topological polar surface area (TPSA) is 52.5 Å². The predicted molar refractivity (Wildman–Crippen MR) is 126 cm³/mol. The lowest BCUT2D eigenvalue weighted by Crippen LogP contribution is -2.50. The summed E-state index contributed by atoms with van der Waals surface area (Å²) in [6.45, 7) is 12.8. The maximum Gasteiger partial charge on any atom is 0.0822 e. The standard InChI is InChI=1S/C26H26N4/c1-6-26-17(3)14-25(5,30-26)15-22-10-9-20(28-22)12-19-7-8-21(27-19)13-23-16(2)11-24(29-23)18(26)4/h6-15,27,30H,1H2,2-5H3. The van der Waals surface area contributed by atoms with Gasteiger partial charge in [-0.2, -0.15) is 0 Å². The zero-order chi connectivity index (χ0) is 21.1. The van der Waals surface area contributed by atoms with Gasteiger partial charge in [0.05, 0.1) is 33.9 Å². The van der Waals surface area contributed by atoms with Crippen LogP contribution in [0, 0.1) is 0 Å². The second-order valence-electron chi connectivity index (χ2n) is 8.68. The molecular weight excluding hydrogens is 368 g/mol. The van der Waals surface area contributed by atoms with Gasteiger partial charge in [-0.3, -0.25) is 5.32 Å². The first-order valence-corrected chi connectivity index (χ1v) is 10.3. The SMILES string of the molecule is C=CC12NC(C)(C=C3C=CC(=N3)C=c3ccc([nH]3)=CC3=NC(=C1C)C=C3C)C=C2C. The molecule has 0 spiro atoms. The number of nitrogens with one attached hydrogen (secondary N) is 2. The van der Waals surface area contributed by atoms with Gasteiger partial charge in [-0.1, -0.05) is 12.2 Å². The molecule has 0 saturated heterocycles. The van der Waals surface area contributed by atoms with Crippen LogP contribution in [0.25, 0.3) is 12.2 Å². The highest BCUT2D eigenvalue weighted by atomic mass is 15.1. The van der Waals surface area contributed by atoms with Crippen molar-refractivity contribution < 1.29 is 0 Å². The first-order chi connectivity index (χ1) is 14.3. The molecule has 5 rings (SSSR count). The van der Waals surface area contributed by atoms with Crippen molar-refractivity contribution in [2.75, 3.05) is 0 Å². The van der Waals surface area contributed by atoms with Gasteiger partial charge in [-0.25, -0.2) is 9.98 Å². The number of fused-ring (bicyclic) bond motifs is 6. The van der Waals surface area contributed by atoms with E-state index in [9.17, 15) is 0 Å². The van der Waals surface area contributed by atoms with Crippen molar-refractivity contribution in [1.29, 1.82) is 0 Å². The molecule has 4 aliphatic rings. The molecule has 5 heterocycles. The van der Waals surface area contributed by atoms with Gasteiger partial charge in [-0.05, 0) is 93.0 Å². The van der Waals surface area contributed by atoms with E-state index in [4.69, 9.17) is 9.98 Å². The summed E-state index contributed by atoms with van der Waals surface area (Å²) in [5.41, 5.74) is 6.59. The van der Waals surface area contributed by atoms with Crippen LogP contribution >= 0.6 is 0 Å². The van der Waals surface area contributed by atoms with Crippen molar-refractivity contribution in [2.24, 2.45) is 9.98 Å². The number of hydrogen-bond donors (Lipinski definition) is 2. The van der Waals surface area contributed by atoms with Gasteiger partial charge in [0, 0.05) is 10.7 Å². The van der Waals surface area contributed by atoms with Crippen molar-refractivity contribution in [1.82, 2.24) is 10.3 Å². The van der Waals surface area contributed by atoms with Crippen LogP contribution in [-0.4, -0.2) is 27.5 Å². The van der Waals surface area contributed by atoms with E-state index >= 15 is 0 Å². The fraction of sp³-hybridized carbons (Fsp3) is 0.231. The largest absolute Gasteiger partial charge is 0.355 e. The highest BCUT2D eigenvalue weighted by Gasteiger charge is 2.44. The third-order valence-electron chi connectivity index (χ3n) is 6.34. The van der Waals surface area contributed by atoms with E-state index in [0.717, 1.165) is 44.7 Å².